The first-order valence-electron chi connectivity index (χ1n) is 7.94. The molecule has 1 aliphatic rings. The molecule has 8 heteroatoms. The number of halogens is 3. The van der Waals surface area contributed by atoms with Crippen molar-refractivity contribution in [2.24, 2.45) is 0 Å². The van der Waals surface area contributed by atoms with Gasteiger partial charge in [0.05, 0.1) is 10.0 Å². The number of hydrogen-bond acceptors (Lipinski definition) is 4. The number of rotatable bonds is 4. The van der Waals surface area contributed by atoms with Crippen molar-refractivity contribution in [3.05, 3.63) is 51.6 Å². The van der Waals surface area contributed by atoms with Crippen LogP contribution in [-0.2, 0) is 11.2 Å². The van der Waals surface area contributed by atoms with Gasteiger partial charge in [-0.05, 0) is 31.4 Å². The Balaban J connectivity index is 1.57. The predicted octanol–water partition coefficient (Wildman–Crippen LogP) is 3.92. The van der Waals surface area contributed by atoms with Crippen LogP contribution in [0.5, 0.6) is 0 Å². The van der Waals surface area contributed by atoms with Gasteiger partial charge in [-0.15, -0.1) is 0 Å². The first kappa shape index (κ1) is 18.0. The van der Waals surface area contributed by atoms with Crippen LogP contribution in [0.1, 0.15) is 36.9 Å². The van der Waals surface area contributed by atoms with E-state index in [1.165, 1.54) is 18.5 Å². The number of aromatic nitrogens is 2. The third-order valence-electron chi connectivity index (χ3n) is 4.24. The van der Waals surface area contributed by atoms with Gasteiger partial charge in [-0.25, -0.2) is 9.97 Å². The Bertz CT molecular complexity index is 802. The topological polar surface area (TPSA) is 66.9 Å². The van der Waals surface area contributed by atoms with Crippen LogP contribution >= 0.6 is 23.2 Å². The van der Waals surface area contributed by atoms with E-state index in [-0.39, 0.29) is 24.4 Å². The molecule has 0 fully saturated rings. The van der Waals surface area contributed by atoms with Crippen LogP contribution in [0.15, 0.2) is 24.5 Å². The highest BCUT2D eigenvalue weighted by Gasteiger charge is 2.26. The van der Waals surface area contributed by atoms with Crippen molar-refractivity contribution in [3.8, 4) is 0 Å². The highest BCUT2D eigenvalue weighted by atomic mass is 35.5. The monoisotopic (exact) mass is 382 g/mol. The van der Waals surface area contributed by atoms with Gasteiger partial charge < -0.3 is 10.6 Å². The van der Waals surface area contributed by atoms with E-state index in [9.17, 15) is 9.18 Å². The lowest BCUT2D eigenvalue weighted by Crippen LogP contribution is -2.39. The summed E-state index contributed by atoms with van der Waals surface area (Å²) in [6, 6.07) is 3.36. The maximum absolute atomic E-state index is 13.9. The summed E-state index contributed by atoms with van der Waals surface area (Å²) in [6.45, 7) is 1.98. The molecule has 3 rings (SSSR count). The van der Waals surface area contributed by atoms with E-state index in [4.69, 9.17) is 23.2 Å². The van der Waals surface area contributed by atoms with Crippen molar-refractivity contribution in [1.29, 1.82) is 0 Å². The molecule has 2 atom stereocenters. The molecular weight excluding hydrogens is 366 g/mol. The molecule has 25 heavy (non-hydrogen) atoms. The highest BCUT2D eigenvalue weighted by Crippen LogP contribution is 2.27. The van der Waals surface area contributed by atoms with E-state index in [0.717, 1.165) is 5.56 Å². The SMILES string of the molecule is CC1NC(CCC(=O)Nc2cc(Cl)c(Cl)cn2)Cc2c1ccnc2F. The van der Waals surface area contributed by atoms with E-state index < -0.39 is 5.95 Å². The second-order valence-electron chi connectivity index (χ2n) is 6.03. The fourth-order valence-corrected chi connectivity index (χ4v) is 3.27. The third kappa shape index (κ3) is 4.26. The zero-order valence-electron chi connectivity index (χ0n) is 13.5. The van der Waals surface area contributed by atoms with Crippen LogP contribution < -0.4 is 10.6 Å². The Morgan fingerprint density at radius 2 is 2.20 bits per heavy atom. The highest BCUT2D eigenvalue weighted by molar-refractivity contribution is 6.42. The number of carbonyl (C=O) groups is 1. The fraction of sp³-hybridized carbons (Fsp3) is 0.353. The summed E-state index contributed by atoms with van der Waals surface area (Å²) in [4.78, 5) is 19.8. The van der Waals surface area contributed by atoms with E-state index in [1.807, 2.05) is 13.0 Å². The lowest BCUT2D eigenvalue weighted by Gasteiger charge is -2.31. The fourth-order valence-electron chi connectivity index (χ4n) is 3.02. The smallest absolute Gasteiger partial charge is 0.225 e. The zero-order valence-corrected chi connectivity index (χ0v) is 15.0. The molecule has 0 aromatic carbocycles. The minimum atomic E-state index is -0.430. The number of hydrogen-bond donors (Lipinski definition) is 2. The average Bonchev–Trinajstić information content (AvgIpc) is 2.57. The molecule has 1 amide bonds. The quantitative estimate of drug-likeness (QED) is 0.786. The summed E-state index contributed by atoms with van der Waals surface area (Å²) < 4.78 is 13.9. The zero-order chi connectivity index (χ0) is 18.0. The number of nitrogens with one attached hydrogen (secondary N) is 2. The molecule has 2 aromatic rings. The van der Waals surface area contributed by atoms with Crippen molar-refractivity contribution < 1.29 is 9.18 Å². The van der Waals surface area contributed by atoms with Crippen LogP contribution in [-0.4, -0.2) is 21.9 Å². The van der Waals surface area contributed by atoms with Crippen molar-refractivity contribution in [2.45, 2.75) is 38.3 Å². The molecule has 0 saturated carbocycles. The van der Waals surface area contributed by atoms with Gasteiger partial charge in [0.1, 0.15) is 5.82 Å². The third-order valence-corrected chi connectivity index (χ3v) is 4.95. The summed E-state index contributed by atoms with van der Waals surface area (Å²) in [7, 11) is 0. The number of fused-ring (bicyclic) bond motifs is 1. The Morgan fingerprint density at radius 1 is 1.40 bits per heavy atom. The molecule has 0 spiro atoms. The predicted molar refractivity (Wildman–Crippen MR) is 95.4 cm³/mol. The van der Waals surface area contributed by atoms with E-state index >= 15 is 0 Å². The van der Waals surface area contributed by atoms with E-state index in [2.05, 4.69) is 20.6 Å². The van der Waals surface area contributed by atoms with Gasteiger partial charge in [0.15, 0.2) is 0 Å². The maximum Gasteiger partial charge on any atom is 0.225 e. The molecule has 2 N–H and O–H groups in total. The molecule has 2 unspecified atom stereocenters. The first-order valence-corrected chi connectivity index (χ1v) is 8.70. The van der Waals surface area contributed by atoms with Crippen molar-refractivity contribution >= 4 is 34.9 Å². The van der Waals surface area contributed by atoms with Crippen LogP contribution in [0.25, 0.3) is 0 Å². The van der Waals surface area contributed by atoms with Gasteiger partial charge in [-0.3, -0.25) is 4.79 Å². The van der Waals surface area contributed by atoms with Gasteiger partial charge in [-0.1, -0.05) is 23.2 Å². The molecule has 3 heterocycles. The largest absolute Gasteiger partial charge is 0.311 e. The summed E-state index contributed by atoms with van der Waals surface area (Å²) in [5, 5.41) is 6.75. The Hall–Kier alpha value is -1.76. The Kier molecular flexibility index (Phi) is 5.51. The number of amides is 1. The first-order chi connectivity index (χ1) is 11.9. The number of carbonyl (C=O) groups excluding carboxylic acids is 1. The summed E-state index contributed by atoms with van der Waals surface area (Å²) in [5.74, 6) is -0.261. The summed E-state index contributed by atoms with van der Waals surface area (Å²) in [6.07, 6.45) is 4.23. The molecule has 0 radical (unpaired) electrons. The van der Waals surface area contributed by atoms with Crippen molar-refractivity contribution in [1.82, 2.24) is 15.3 Å². The van der Waals surface area contributed by atoms with Crippen LogP contribution in [0.3, 0.4) is 0 Å². The standard InChI is InChI=1S/C17H17Cl2FN4O/c1-9-11-4-5-21-17(20)12(11)6-10(23-9)2-3-16(25)24-15-7-13(18)14(19)8-22-15/h4-5,7-10,23H,2-3,6H2,1H3,(H,22,24,25). The van der Waals surface area contributed by atoms with E-state index in [0.29, 0.717) is 34.3 Å². The lowest BCUT2D eigenvalue weighted by atomic mass is 9.90. The molecular formula is C17H17Cl2FN4O. The van der Waals surface area contributed by atoms with Gasteiger partial charge >= 0.3 is 0 Å². The maximum atomic E-state index is 13.9. The van der Waals surface area contributed by atoms with Gasteiger partial charge in [0.2, 0.25) is 11.9 Å². The normalized spacial score (nSPS) is 19.4. The van der Waals surface area contributed by atoms with Crippen LogP contribution in [0.2, 0.25) is 10.0 Å². The van der Waals surface area contributed by atoms with Crippen molar-refractivity contribution in [2.75, 3.05) is 5.32 Å². The Morgan fingerprint density at radius 3 is 2.96 bits per heavy atom. The summed E-state index contributed by atoms with van der Waals surface area (Å²) >= 11 is 11.7. The van der Waals surface area contributed by atoms with Gasteiger partial charge in [0.25, 0.3) is 0 Å². The van der Waals surface area contributed by atoms with Crippen LogP contribution in [0.4, 0.5) is 10.2 Å². The molecule has 0 bridgehead atoms. The van der Waals surface area contributed by atoms with Gasteiger partial charge in [0, 0.05) is 42.5 Å². The molecule has 2 aromatic heterocycles. The molecule has 132 valence electrons. The molecule has 0 saturated heterocycles. The molecule has 0 aliphatic carbocycles. The lowest BCUT2D eigenvalue weighted by molar-refractivity contribution is -0.116. The minimum Gasteiger partial charge on any atom is -0.311 e. The Labute approximate surface area is 155 Å². The second-order valence-corrected chi connectivity index (χ2v) is 6.84. The number of nitrogens with zero attached hydrogens (tertiary/aromatic N) is 2. The number of pyridine rings is 2. The average molecular weight is 383 g/mol. The molecule has 1 aliphatic heterocycles. The second kappa shape index (κ2) is 7.64. The minimum absolute atomic E-state index is 0.00807. The summed E-state index contributed by atoms with van der Waals surface area (Å²) in [5.41, 5.74) is 1.55. The number of anilines is 1. The van der Waals surface area contributed by atoms with Crippen molar-refractivity contribution in [3.63, 3.8) is 0 Å². The van der Waals surface area contributed by atoms with Crippen LogP contribution in [0, 0.1) is 5.95 Å². The molecule has 5 nitrogen and oxygen atoms in total. The van der Waals surface area contributed by atoms with Gasteiger partial charge in [-0.2, -0.15) is 4.39 Å². The van der Waals surface area contributed by atoms with E-state index in [1.54, 1.807) is 0 Å².